The SMILES string of the molecule is CCOc1cccc(OCCCc2nc(CO)cs2)c1. The number of aliphatic hydroxyl groups excluding tert-OH is 1. The van der Waals surface area contributed by atoms with Crippen LogP contribution in [0.2, 0.25) is 0 Å². The molecule has 20 heavy (non-hydrogen) atoms. The van der Waals surface area contributed by atoms with E-state index in [0.29, 0.717) is 13.2 Å². The van der Waals surface area contributed by atoms with Gasteiger partial charge in [0.25, 0.3) is 0 Å². The van der Waals surface area contributed by atoms with Gasteiger partial charge in [-0.15, -0.1) is 11.3 Å². The van der Waals surface area contributed by atoms with Crippen molar-refractivity contribution in [3.63, 3.8) is 0 Å². The van der Waals surface area contributed by atoms with Gasteiger partial charge < -0.3 is 14.6 Å². The first kappa shape index (κ1) is 14.8. The molecule has 4 nitrogen and oxygen atoms in total. The molecule has 2 rings (SSSR count). The molecule has 0 atom stereocenters. The molecule has 0 bridgehead atoms. The van der Waals surface area contributed by atoms with Gasteiger partial charge in [-0.05, 0) is 25.5 Å². The van der Waals surface area contributed by atoms with Gasteiger partial charge in [0.15, 0.2) is 0 Å². The summed E-state index contributed by atoms with van der Waals surface area (Å²) in [6.07, 6.45) is 1.77. The first-order chi connectivity index (χ1) is 9.81. The fourth-order valence-corrected chi connectivity index (χ4v) is 2.60. The zero-order valence-electron chi connectivity index (χ0n) is 11.5. The first-order valence-electron chi connectivity index (χ1n) is 6.71. The molecule has 1 aromatic carbocycles. The van der Waals surface area contributed by atoms with Crippen LogP contribution in [0.4, 0.5) is 0 Å². The van der Waals surface area contributed by atoms with Crippen LogP contribution in [0.25, 0.3) is 0 Å². The summed E-state index contributed by atoms with van der Waals surface area (Å²) in [5.41, 5.74) is 0.746. The van der Waals surface area contributed by atoms with E-state index in [1.54, 1.807) is 11.3 Å². The minimum absolute atomic E-state index is 0.0111. The van der Waals surface area contributed by atoms with E-state index in [4.69, 9.17) is 14.6 Å². The Balaban J connectivity index is 1.74. The number of thiazole rings is 1. The maximum Gasteiger partial charge on any atom is 0.122 e. The number of hydrogen-bond acceptors (Lipinski definition) is 5. The Morgan fingerprint density at radius 1 is 1.25 bits per heavy atom. The predicted molar refractivity (Wildman–Crippen MR) is 79.5 cm³/mol. The Hall–Kier alpha value is -1.59. The standard InChI is InChI=1S/C15H19NO3S/c1-2-18-13-5-3-6-14(9-13)19-8-4-7-15-16-12(10-17)11-20-15/h3,5-6,9,11,17H,2,4,7-8,10H2,1H3. The van der Waals surface area contributed by atoms with Gasteiger partial charge in [0.2, 0.25) is 0 Å². The molecule has 0 spiro atoms. The van der Waals surface area contributed by atoms with Gasteiger partial charge in [-0.25, -0.2) is 4.98 Å². The summed E-state index contributed by atoms with van der Waals surface area (Å²) in [4.78, 5) is 4.30. The summed E-state index contributed by atoms with van der Waals surface area (Å²) in [5, 5.41) is 11.9. The van der Waals surface area contributed by atoms with Crippen LogP contribution < -0.4 is 9.47 Å². The Bertz CT molecular complexity index is 527. The van der Waals surface area contributed by atoms with Crippen molar-refractivity contribution in [2.45, 2.75) is 26.4 Å². The van der Waals surface area contributed by atoms with Gasteiger partial charge in [-0.3, -0.25) is 0 Å². The van der Waals surface area contributed by atoms with Crippen LogP contribution in [0.1, 0.15) is 24.0 Å². The Morgan fingerprint density at radius 3 is 2.75 bits per heavy atom. The van der Waals surface area contributed by atoms with Crippen LogP contribution in [0.5, 0.6) is 11.5 Å². The average Bonchev–Trinajstić information content (AvgIpc) is 2.92. The van der Waals surface area contributed by atoms with E-state index in [9.17, 15) is 0 Å². The molecular weight excluding hydrogens is 274 g/mol. The minimum Gasteiger partial charge on any atom is -0.494 e. The molecule has 1 N–H and O–H groups in total. The number of nitrogens with zero attached hydrogens (tertiary/aromatic N) is 1. The van der Waals surface area contributed by atoms with Crippen LogP contribution in [0.15, 0.2) is 29.6 Å². The molecule has 1 aromatic heterocycles. The Morgan fingerprint density at radius 2 is 2.05 bits per heavy atom. The lowest BCUT2D eigenvalue weighted by Gasteiger charge is -2.08. The maximum absolute atomic E-state index is 8.95. The number of benzene rings is 1. The molecule has 1 heterocycles. The third-order valence-electron chi connectivity index (χ3n) is 2.68. The van der Waals surface area contributed by atoms with E-state index in [-0.39, 0.29) is 6.61 Å². The Labute approximate surface area is 123 Å². The summed E-state index contributed by atoms with van der Waals surface area (Å²) in [5.74, 6) is 1.66. The second kappa shape index (κ2) is 7.87. The van der Waals surface area contributed by atoms with Crippen LogP contribution in [0, 0.1) is 0 Å². The van der Waals surface area contributed by atoms with Crippen molar-refractivity contribution in [1.82, 2.24) is 4.98 Å². The highest BCUT2D eigenvalue weighted by Gasteiger charge is 2.02. The van der Waals surface area contributed by atoms with Crippen molar-refractivity contribution in [2.24, 2.45) is 0 Å². The first-order valence-corrected chi connectivity index (χ1v) is 7.59. The van der Waals surface area contributed by atoms with Crippen molar-refractivity contribution in [2.75, 3.05) is 13.2 Å². The highest BCUT2D eigenvalue weighted by Crippen LogP contribution is 2.19. The van der Waals surface area contributed by atoms with Crippen LogP contribution in [0.3, 0.4) is 0 Å². The summed E-state index contributed by atoms with van der Waals surface area (Å²) in [7, 11) is 0. The predicted octanol–water partition coefficient (Wildman–Crippen LogP) is 3.05. The second-order valence-electron chi connectivity index (χ2n) is 4.25. The molecule has 0 saturated heterocycles. The monoisotopic (exact) mass is 293 g/mol. The molecular formula is C15H19NO3S. The lowest BCUT2D eigenvalue weighted by molar-refractivity contribution is 0.277. The molecule has 0 saturated carbocycles. The largest absolute Gasteiger partial charge is 0.494 e. The fraction of sp³-hybridized carbons (Fsp3) is 0.400. The zero-order chi connectivity index (χ0) is 14.2. The zero-order valence-corrected chi connectivity index (χ0v) is 12.4. The van der Waals surface area contributed by atoms with Gasteiger partial charge in [0.1, 0.15) is 11.5 Å². The molecule has 0 amide bonds. The smallest absolute Gasteiger partial charge is 0.122 e. The molecule has 108 valence electrons. The van der Waals surface area contributed by atoms with E-state index in [0.717, 1.165) is 35.0 Å². The molecule has 0 aliphatic rings. The van der Waals surface area contributed by atoms with Crippen LogP contribution >= 0.6 is 11.3 Å². The third kappa shape index (κ3) is 4.51. The molecule has 5 heteroatoms. The number of aryl methyl sites for hydroxylation is 1. The quantitative estimate of drug-likeness (QED) is 0.760. The number of hydrogen-bond donors (Lipinski definition) is 1. The van der Waals surface area contributed by atoms with Gasteiger partial charge in [0.05, 0.1) is 30.5 Å². The van der Waals surface area contributed by atoms with Crippen molar-refractivity contribution in [3.05, 3.63) is 40.3 Å². The third-order valence-corrected chi connectivity index (χ3v) is 3.64. The van der Waals surface area contributed by atoms with E-state index in [1.807, 2.05) is 36.6 Å². The summed E-state index contributed by atoms with van der Waals surface area (Å²) >= 11 is 1.58. The number of aromatic nitrogens is 1. The average molecular weight is 293 g/mol. The topological polar surface area (TPSA) is 51.6 Å². The van der Waals surface area contributed by atoms with Gasteiger partial charge in [0, 0.05) is 17.9 Å². The summed E-state index contributed by atoms with van der Waals surface area (Å²) in [6, 6.07) is 7.67. The minimum atomic E-state index is 0.0111. The maximum atomic E-state index is 8.95. The highest BCUT2D eigenvalue weighted by molar-refractivity contribution is 7.09. The molecule has 0 fully saturated rings. The molecule has 0 radical (unpaired) electrons. The van der Waals surface area contributed by atoms with Gasteiger partial charge in [-0.1, -0.05) is 6.07 Å². The van der Waals surface area contributed by atoms with Crippen LogP contribution in [-0.4, -0.2) is 23.3 Å². The fourth-order valence-electron chi connectivity index (χ4n) is 1.77. The normalized spacial score (nSPS) is 10.5. The molecule has 2 aromatic rings. The molecule has 0 unspecified atom stereocenters. The van der Waals surface area contributed by atoms with Crippen molar-refractivity contribution in [1.29, 1.82) is 0 Å². The number of aliphatic hydroxyl groups is 1. The van der Waals surface area contributed by atoms with E-state index < -0.39 is 0 Å². The van der Waals surface area contributed by atoms with Gasteiger partial charge >= 0.3 is 0 Å². The summed E-state index contributed by atoms with van der Waals surface area (Å²) in [6.45, 7) is 3.27. The van der Waals surface area contributed by atoms with Crippen molar-refractivity contribution in [3.8, 4) is 11.5 Å². The number of ether oxygens (including phenoxy) is 2. The van der Waals surface area contributed by atoms with E-state index >= 15 is 0 Å². The van der Waals surface area contributed by atoms with E-state index in [2.05, 4.69) is 4.98 Å². The van der Waals surface area contributed by atoms with Crippen molar-refractivity contribution >= 4 is 11.3 Å². The highest BCUT2D eigenvalue weighted by atomic mass is 32.1. The number of rotatable bonds is 8. The molecule has 0 aliphatic carbocycles. The Kier molecular flexibility index (Phi) is 5.83. The van der Waals surface area contributed by atoms with Crippen LogP contribution in [-0.2, 0) is 13.0 Å². The summed E-state index contributed by atoms with van der Waals surface area (Å²) < 4.78 is 11.1. The second-order valence-corrected chi connectivity index (χ2v) is 5.19. The van der Waals surface area contributed by atoms with E-state index in [1.165, 1.54) is 0 Å². The lowest BCUT2D eigenvalue weighted by Crippen LogP contribution is -2.00. The van der Waals surface area contributed by atoms with Crippen molar-refractivity contribution < 1.29 is 14.6 Å². The molecule has 0 aliphatic heterocycles. The lowest BCUT2D eigenvalue weighted by atomic mass is 10.3. The van der Waals surface area contributed by atoms with Gasteiger partial charge in [-0.2, -0.15) is 0 Å².